The van der Waals surface area contributed by atoms with Crippen LogP contribution in [0.4, 0.5) is 4.39 Å². The van der Waals surface area contributed by atoms with Gasteiger partial charge in [-0.1, -0.05) is 11.8 Å². The van der Waals surface area contributed by atoms with E-state index in [4.69, 9.17) is 0 Å². The first-order valence-electron chi connectivity index (χ1n) is 9.03. The third kappa shape index (κ3) is 3.91. The van der Waals surface area contributed by atoms with Crippen LogP contribution in [0.1, 0.15) is 43.1 Å². The first-order valence-corrected chi connectivity index (χ1v) is 10.0. The minimum atomic E-state index is -0.292. The SMILES string of the molecule is Cc1c(C(C)NC(=O)CSc2nnnn2C2CC2)cnn1-c1ccc(F)cc1. The van der Waals surface area contributed by atoms with E-state index in [-0.39, 0.29) is 23.5 Å². The van der Waals surface area contributed by atoms with Crippen LogP contribution in [0, 0.1) is 12.7 Å². The predicted octanol–water partition coefficient (Wildman–Crippen LogP) is 2.61. The molecule has 1 N–H and O–H groups in total. The third-order valence-electron chi connectivity index (χ3n) is 4.65. The average molecular weight is 401 g/mol. The van der Waals surface area contributed by atoms with Gasteiger partial charge in [0.25, 0.3) is 0 Å². The Balaban J connectivity index is 1.38. The number of amides is 1. The summed E-state index contributed by atoms with van der Waals surface area (Å²) in [5, 5.41) is 19.7. The number of hydrogen-bond acceptors (Lipinski definition) is 6. The van der Waals surface area contributed by atoms with Crippen molar-refractivity contribution in [1.29, 1.82) is 0 Å². The first kappa shape index (κ1) is 18.6. The van der Waals surface area contributed by atoms with Crippen LogP contribution in [0.2, 0.25) is 0 Å². The van der Waals surface area contributed by atoms with E-state index in [0.29, 0.717) is 11.2 Å². The van der Waals surface area contributed by atoms with Gasteiger partial charge in [-0.25, -0.2) is 13.8 Å². The molecular weight excluding hydrogens is 381 g/mol. The smallest absolute Gasteiger partial charge is 0.230 e. The molecule has 2 aromatic heterocycles. The molecule has 0 saturated heterocycles. The number of thioether (sulfide) groups is 1. The molecule has 1 atom stereocenters. The molecule has 1 fully saturated rings. The van der Waals surface area contributed by atoms with Crippen LogP contribution in [0.25, 0.3) is 5.69 Å². The lowest BCUT2D eigenvalue weighted by molar-refractivity contribution is -0.119. The molecule has 2 heterocycles. The standard InChI is InChI=1S/C18H20FN7OS/c1-11(16-9-20-25(12(16)2)14-5-3-13(19)4-6-14)21-17(27)10-28-18-22-23-24-26(18)15-7-8-15/h3-6,9,11,15H,7-8,10H2,1-2H3,(H,21,27). The second kappa shape index (κ2) is 7.70. The van der Waals surface area contributed by atoms with Gasteiger partial charge in [0, 0.05) is 11.3 Å². The maximum absolute atomic E-state index is 13.1. The van der Waals surface area contributed by atoms with E-state index >= 15 is 0 Å². The zero-order chi connectivity index (χ0) is 19.7. The Hall–Kier alpha value is -2.75. The Bertz CT molecular complexity index is 980. The zero-order valence-corrected chi connectivity index (χ0v) is 16.4. The van der Waals surface area contributed by atoms with Gasteiger partial charge < -0.3 is 5.32 Å². The number of hydrogen-bond donors (Lipinski definition) is 1. The minimum absolute atomic E-state index is 0.100. The molecule has 0 spiro atoms. The zero-order valence-electron chi connectivity index (χ0n) is 15.5. The van der Waals surface area contributed by atoms with Crippen molar-refractivity contribution >= 4 is 17.7 Å². The van der Waals surface area contributed by atoms with Crippen LogP contribution >= 0.6 is 11.8 Å². The highest BCUT2D eigenvalue weighted by atomic mass is 32.2. The van der Waals surface area contributed by atoms with Crippen molar-refractivity contribution in [2.24, 2.45) is 0 Å². The van der Waals surface area contributed by atoms with Gasteiger partial charge >= 0.3 is 0 Å². The summed E-state index contributed by atoms with van der Waals surface area (Å²) >= 11 is 1.33. The summed E-state index contributed by atoms with van der Waals surface area (Å²) in [6, 6.07) is 6.30. The van der Waals surface area contributed by atoms with E-state index in [2.05, 4.69) is 25.9 Å². The van der Waals surface area contributed by atoms with Crippen molar-refractivity contribution in [1.82, 2.24) is 35.3 Å². The van der Waals surface area contributed by atoms with E-state index < -0.39 is 0 Å². The lowest BCUT2D eigenvalue weighted by Gasteiger charge is -2.14. The average Bonchev–Trinajstić information content (AvgIpc) is 3.28. The lowest BCUT2D eigenvalue weighted by atomic mass is 10.1. The number of benzene rings is 1. The number of carbonyl (C=O) groups excluding carboxylic acids is 1. The highest BCUT2D eigenvalue weighted by molar-refractivity contribution is 7.99. The van der Waals surface area contributed by atoms with Gasteiger partial charge in [-0.15, -0.1) is 5.10 Å². The Kier molecular flexibility index (Phi) is 5.12. The van der Waals surface area contributed by atoms with E-state index in [9.17, 15) is 9.18 Å². The van der Waals surface area contributed by atoms with Gasteiger partial charge in [0.2, 0.25) is 11.1 Å². The highest BCUT2D eigenvalue weighted by Crippen LogP contribution is 2.36. The normalized spacial score (nSPS) is 14.8. The van der Waals surface area contributed by atoms with Gasteiger partial charge in [0.05, 0.1) is 29.7 Å². The van der Waals surface area contributed by atoms with Gasteiger partial charge in [-0.3, -0.25) is 4.79 Å². The number of rotatable bonds is 7. The second-order valence-electron chi connectivity index (χ2n) is 6.79. The largest absolute Gasteiger partial charge is 0.349 e. The number of carbonyl (C=O) groups is 1. The van der Waals surface area contributed by atoms with Gasteiger partial charge in [-0.2, -0.15) is 5.10 Å². The molecule has 1 amide bonds. The molecule has 0 radical (unpaired) electrons. The van der Waals surface area contributed by atoms with E-state index in [0.717, 1.165) is 29.8 Å². The summed E-state index contributed by atoms with van der Waals surface area (Å²) in [7, 11) is 0. The summed E-state index contributed by atoms with van der Waals surface area (Å²) in [4.78, 5) is 12.4. The summed E-state index contributed by atoms with van der Waals surface area (Å²) in [5.41, 5.74) is 2.57. The molecule has 146 valence electrons. The van der Waals surface area contributed by atoms with Crippen molar-refractivity contribution in [3.05, 3.63) is 47.5 Å². The number of nitrogens with zero attached hydrogens (tertiary/aromatic N) is 6. The summed E-state index contributed by atoms with van der Waals surface area (Å²) in [6.45, 7) is 3.84. The van der Waals surface area contributed by atoms with Gasteiger partial charge in [-0.05, 0) is 61.4 Å². The first-order chi connectivity index (χ1) is 13.5. The summed E-state index contributed by atoms with van der Waals surface area (Å²) < 4.78 is 16.7. The Morgan fingerprint density at radius 2 is 2.11 bits per heavy atom. The van der Waals surface area contributed by atoms with Crippen molar-refractivity contribution in [3.8, 4) is 5.69 Å². The van der Waals surface area contributed by atoms with E-state index in [1.54, 1.807) is 27.7 Å². The third-order valence-corrected chi connectivity index (χ3v) is 5.58. The molecule has 3 aromatic rings. The second-order valence-corrected chi connectivity index (χ2v) is 7.73. The maximum Gasteiger partial charge on any atom is 0.230 e. The van der Waals surface area contributed by atoms with Crippen LogP contribution in [-0.2, 0) is 4.79 Å². The number of nitrogens with one attached hydrogen (secondary N) is 1. The molecule has 4 rings (SSSR count). The molecule has 1 aromatic carbocycles. The van der Waals surface area contributed by atoms with Crippen molar-refractivity contribution in [3.63, 3.8) is 0 Å². The fourth-order valence-corrected chi connectivity index (χ4v) is 3.77. The van der Waals surface area contributed by atoms with Crippen LogP contribution in [0.5, 0.6) is 0 Å². The monoisotopic (exact) mass is 401 g/mol. The van der Waals surface area contributed by atoms with Crippen LogP contribution < -0.4 is 5.32 Å². The molecule has 8 nitrogen and oxygen atoms in total. The van der Waals surface area contributed by atoms with E-state index in [1.165, 1.54) is 23.9 Å². The quantitative estimate of drug-likeness (QED) is 0.612. The fourth-order valence-electron chi connectivity index (χ4n) is 3.01. The number of aromatic nitrogens is 6. The topological polar surface area (TPSA) is 90.5 Å². The van der Waals surface area contributed by atoms with Gasteiger partial charge in [0.1, 0.15) is 5.82 Å². The highest BCUT2D eigenvalue weighted by Gasteiger charge is 2.28. The molecular formula is C18H20FN7OS. The van der Waals surface area contributed by atoms with Crippen LogP contribution in [-0.4, -0.2) is 41.6 Å². The Labute approximate surface area is 165 Å². The molecule has 1 unspecified atom stereocenters. The molecule has 1 saturated carbocycles. The van der Waals surface area contributed by atoms with Crippen LogP contribution in [0.15, 0.2) is 35.6 Å². The van der Waals surface area contributed by atoms with Crippen molar-refractivity contribution in [2.75, 3.05) is 5.75 Å². The fraction of sp³-hybridized carbons (Fsp3) is 0.389. The molecule has 10 heteroatoms. The maximum atomic E-state index is 13.1. The number of halogens is 1. The number of tetrazole rings is 1. The van der Waals surface area contributed by atoms with Gasteiger partial charge in [0.15, 0.2) is 0 Å². The molecule has 1 aliphatic carbocycles. The minimum Gasteiger partial charge on any atom is -0.349 e. The van der Waals surface area contributed by atoms with Crippen molar-refractivity contribution < 1.29 is 9.18 Å². The van der Waals surface area contributed by atoms with Crippen molar-refractivity contribution in [2.45, 2.75) is 43.9 Å². The summed E-state index contributed by atoms with van der Waals surface area (Å²) in [5.74, 6) is -0.154. The lowest BCUT2D eigenvalue weighted by Crippen LogP contribution is -2.28. The Morgan fingerprint density at radius 1 is 1.36 bits per heavy atom. The summed E-state index contributed by atoms with van der Waals surface area (Å²) in [6.07, 6.45) is 3.89. The molecule has 0 aliphatic heterocycles. The van der Waals surface area contributed by atoms with Crippen LogP contribution in [0.3, 0.4) is 0 Å². The predicted molar refractivity (Wildman–Crippen MR) is 102 cm³/mol. The Morgan fingerprint density at radius 3 is 2.82 bits per heavy atom. The van der Waals surface area contributed by atoms with E-state index in [1.807, 2.05) is 13.8 Å². The molecule has 0 bridgehead atoms. The molecule has 1 aliphatic rings. The molecule has 28 heavy (non-hydrogen) atoms.